The molecule has 5 heteroatoms. The van der Waals surface area contributed by atoms with E-state index >= 15 is 0 Å². The minimum atomic E-state index is -0.516. The van der Waals surface area contributed by atoms with Gasteiger partial charge in [-0.05, 0) is 55.5 Å². The number of hydrogen-bond donors (Lipinski definition) is 0. The van der Waals surface area contributed by atoms with Gasteiger partial charge in [0.25, 0.3) is 5.91 Å². The lowest BCUT2D eigenvalue weighted by Crippen LogP contribution is -2.40. The van der Waals surface area contributed by atoms with Gasteiger partial charge in [0.1, 0.15) is 10.8 Å². The van der Waals surface area contributed by atoms with E-state index in [1.807, 2.05) is 48.2 Å². The third kappa shape index (κ3) is 3.76. The number of thiazole rings is 1. The molecule has 1 amide bonds. The second kappa shape index (κ2) is 7.92. The highest BCUT2D eigenvalue weighted by atomic mass is 32.1. The highest BCUT2D eigenvalue weighted by molar-refractivity contribution is 7.18. The first-order valence-corrected chi connectivity index (χ1v) is 10.8. The van der Waals surface area contributed by atoms with Crippen LogP contribution < -0.4 is 4.74 Å². The fourth-order valence-electron chi connectivity index (χ4n) is 3.75. The summed E-state index contributed by atoms with van der Waals surface area (Å²) >= 11 is 1.69. The summed E-state index contributed by atoms with van der Waals surface area (Å²) in [6.07, 6.45) is 1.45. The predicted molar refractivity (Wildman–Crippen MR) is 114 cm³/mol. The molecule has 2 unspecified atom stereocenters. The third-order valence-corrected chi connectivity index (χ3v) is 6.45. The van der Waals surface area contributed by atoms with Gasteiger partial charge < -0.3 is 9.64 Å². The van der Waals surface area contributed by atoms with E-state index in [-0.39, 0.29) is 11.9 Å². The van der Waals surface area contributed by atoms with Crippen LogP contribution in [0.25, 0.3) is 10.2 Å². The van der Waals surface area contributed by atoms with Gasteiger partial charge in [-0.1, -0.05) is 38.1 Å². The van der Waals surface area contributed by atoms with E-state index < -0.39 is 6.10 Å². The number of fused-ring (bicyclic) bond motifs is 1. The molecule has 1 saturated heterocycles. The van der Waals surface area contributed by atoms with Crippen LogP contribution in [0.5, 0.6) is 5.75 Å². The lowest BCUT2D eigenvalue weighted by atomic mass is 10.0. The summed E-state index contributed by atoms with van der Waals surface area (Å²) in [6.45, 7) is 6.92. The molecule has 2 heterocycles. The van der Waals surface area contributed by atoms with Crippen molar-refractivity contribution < 1.29 is 9.53 Å². The molecule has 4 nitrogen and oxygen atoms in total. The normalized spacial score (nSPS) is 18.0. The molecule has 1 fully saturated rings. The topological polar surface area (TPSA) is 42.4 Å². The van der Waals surface area contributed by atoms with E-state index in [9.17, 15) is 4.79 Å². The number of para-hydroxylation sites is 1. The number of likely N-dealkylation sites (tertiary alicyclic amines) is 1. The number of amides is 1. The van der Waals surface area contributed by atoms with Gasteiger partial charge in [0.2, 0.25) is 0 Å². The number of ether oxygens (including phenoxy) is 1. The minimum absolute atomic E-state index is 0.0386. The van der Waals surface area contributed by atoms with Gasteiger partial charge in [0.05, 0.1) is 16.3 Å². The lowest BCUT2D eigenvalue weighted by Gasteiger charge is -2.26. The second-order valence-corrected chi connectivity index (χ2v) is 8.76. The first-order chi connectivity index (χ1) is 13.5. The van der Waals surface area contributed by atoms with Gasteiger partial charge in [-0.15, -0.1) is 11.3 Å². The van der Waals surface area contributed by atoms with E-state index in [1.54, 1.807) is 11.3 Å². The Morgan fingerprint density at radius 2 is 2.00 bits per heavy atom. The number of benzene rings is 2. The molecule has 1 aromatic heterocycles. The summed E-state index contributed by atoms with van der Waals surface area (Å²) in [5, 5.41) is 1.03. The van der Waals surface area contributed by atoms with Crippen LogP contribution in [0.3, 0.4) is 0 Å². The molecule has 0 bridgehead atoms. The Hall–Kier alpha value is -2.40. The Morgan fingerprint density at radius 3 is 2.79 bits per heavy atom. The number of rotatable bonds is 5. The smallest absolute Gasteiger partial charge is 0.263 e. The van der Waals surface area contributed by atoms with Gasteiger partial charge in [-0.25, -0.2) is 4.98 Å². The zero-order chi connectivity index (χ0) is 19.7. The maximum Gasteiger partial charge on any atom is 0.263 e. The summed E-state index contributed by atoms with van der Waals surface area (Å²) < 4.78 is 7.19. The molecule has 28 heavy (non-hydrogen) atoms. The quantitative estimate of drug-likeness (QED) is 0.570. The molecule has 1 aliphatic rings. The Kier molecular flexibility index (Phi) is 5.36. The van der Waals surface area contributed by atoms with Crippen molar-refractivity contribution in [2.24, 2.45) is 0 Å². The van der Waals surface area contributed by atoms with Crippen molar-refractivity contribution in [2.75, 3.05) is 6.54 Å². The molecule has 2 atom stereocenters. The van der Waals surface area contributed by atoms with Gasteiger partial charge in [-0.2, -0.15) is 0 Å². The molecular formula is C23H26N2O2S. The van der Waals surface area contributed by atoms with Crippen LogP contribution in [-0.2, 0) is 4.79 Å². The molecule has 2 aromatic carbocycles. The largest absolute Gasteiger partial charge is 0.481 e. The van der Waals surface area contributed by atoms with Crippen LogP contribution >= 0.6 is 11.3 Å². The minimum Gasteiger partial charge on any atom is -0.481 e. The third-order valence-electron chi connectivity index (χ3n) is 5.32. The van der Waals surface area contributed by atoms with Crippen molar-refractivity contribution >= 4 is 27.5 Å². The number of carbonyl (C=O) groups is 1. The van der Waals surface area contributed by atoms with Gasteiger partial charge in [-0.3, -0.25) is 4.79 Å². The van der Waals surface area contributed by atoms with E-state index in [0.717, 1.165) is 35.7 Å². The van der Waals surface area contributed by atoms with E-state index in [4.69, 9.17) is 9.72 Å². The molecule has 146 valence electrons. The van der Waals surface area contributed by atoms with E-state index in [1.165, 1.54) is 10.3 Å². The predicted octanol–water partition coefficient (Wildman–Crippen LogP) is 5.55. The van der Waals surface area contributed by atoms with Crippen LogP contribution in [0.4, 0.5) is 0 Å². The summed E-state index contributed by atoms with van der Waals surface area (Å²) in [6, 6.07) is 16.2. The number of nitrogens with zero attached hydrogens (tertiary/aromatic N) is 2. The molecule has 0 aliphatic carbocycles. The van der Waals surface area contributed by atoms with Crippen LogP contribution in [-0.4, -0.2) is 28.4 Å². The van der Waals surface area contributed by atoms with Crippen molar-refractivity contribution in [3.8, 4) is 5.75 Å². The SMILES string of the molecule is CC(Oc1cccc(C(C)C)c1)C(=O)N1CCCC1c1nc2ccccc2s1. The molecule has 3 aromatic rings. The van der Waals surface area contributed by atoms with Crippen LogP contribution in [0.15, 0.2) is 48.5 Å². The molecule has 1 aliphatic heterocycles. The summed E-state index contributed by atoms with van der Waals surface area (Å²) in [4.78, 5) is 19.9. The Bertz CT molecular complexity index is 948. The van der Waals surface area contributed by atoms with Crippen LogP contribution in [0.1, 0.15) is 56.1 Å². The fourth-order valence-corrected chi connectivity index (χ4v) is 4.87. The van der Waals surface area contributed by atoms with Gasteiger partial charge in [0, 0.05) is 6.54 Å². The first kappa shape index (κ1) is 18.9. The Morgan fingerprint density at radius 1 is 1.18 bits per heavy atom. The summed E-state index contributed by atoms with van der Waals surface area (Å²) in [7, 11) is 0. The lowest BCUT2D eigenvalue weighted by molar-refractivity contribution is -0.138. The summed E-state index contributed by atoms with van der Waals surface area (Å²) in [5.74, 6) is 1.22. The monoisotopic (exact) mass is 394 g/mol. The van der Waals surface area contributed by atoms with Gasteiger partial charge in [0.15, 0.2) is 6.10 Å². The van der Waals surface area contributed by atoms with E-state index in [2.05, 4.69) is 26.0 Å². The number of carbonyl (C=O) groups excluding carboxylic acids is 1. The molecule has 0 spiro atoms. The number of aromatic nitrogens is 1. The van der Waals surface area contributed by atoms with Crippen molar-refractivity contribution in [2.45, 2.75) is 51.7 Å². The van der Waals surface area contributed by atoms with Gasteiger partial charge >= 0.3 is 0 Å². The molecule has 0 radical (unpaired) electrons. The molecule has 4 rings (SSSR count). The van der Waals surface area contributed by atoms with Crippen molar-refractivity contribution in [3.05, 3.63) is 59.1 Å². The van der Waals surface area contributed by atoms with Crippen LogP contribution in [0.2, 0.25) is 0 Å². The first-order valence-electron chi connectivity index (χ1n) is 9.95. The standard InChI is InChI=1S/C23H26N2O2S/c1-15(2)17-8-6-9-18(14-17)27-16(3)23(26)25-13-7-11-20(25)22-24-19-10-4-5-12-21(19)28-22/h4-6,8-10,12,14-16,20H,7,11,13H2,1-3H3. The second-order valence-electron chi connectivity index (χ2n) is 7.70. The Labute approximate surface area is 170 Å². The fraction of sp³-hybridized carbons (Fsp3) is 0.391. The number of hydrogen-bond acceptors (Lipinski definition) is 4. The Balaban J connectivity index is 1.50. The maximum absolute atomic E-state index is 13.1. The van der Waals surface area contributed by atoms with E-state index in [0.29, 0.717) is 5.92 Å². The average molecular weight is 395 g/mol. The molecule has 0 N–H and O–H groups in total. The highest BCUT2D eigenvalue weighted by Crippen LogP contribution is 2.37. The molecular weight excluding hydrogens is 368 g/mol. The van der Waals surface area contributed by atoms with Crippen molar-refractivity contribution in [1.82, 2.24) is 9.88 Å². The zero-order valence-corrected chi connectivity index (χ0v) is 17.4. The van der Waals surface area contributed by atoms with Crippen molar-refractivity contribution in [1.29, 1.82) is 0 Å². The zero-order valence-electron chi connectivity index (χ0n) is 16.6. The van der Waals surface area contributed by atoms with Crippen LogP contribution in [0, 0.1) is 0 Å². The highest BCUT2D eigenvalue weighted by Gasteiger charge is 2.35. The van der Waals surface area contributed by atoms with Crippen molar-refractivity contribution in [3.63, 3.8) is 0 Å². The molecule has 0 saturated carbocycles. The average Bonchev–Trinajstić information content (AvgIpc) is 3.34. The summed E-state index contributed by atoms with van der Waals surface area (Å²) in [5.41, 5.74) is 2.22. The maximum atomic E-state index is 13.1.